The largest absolute Gasteiger partial charge is 0.308 e. The Morgan fingerprint density at radius 3 is 2.54 bits per heavy atom. The van der Waals surface area contributed by atoms with Crippen LogP contribution in [0.15, 0.2) is 70.3 Å². The molecule has 24 heavy (non-hydrogen) atoms. The van der Waals surface area contributed by atoms with Gasteiger partial charge in [0, 0.05) is 27.2 Å². The zero-order chi connectivity index (χ0) is 16.9. The summed E-state index contributed by atoms with van der Waals surface area (Å²) < 4.78 is 0.968. The van der Waals surface area contributed by atoms with Crippen molar-refractivity contribution < 1.29 is 4.79 Å². The van der Waals surface area contributed by atoms with Gasteiger partial charge in [-0.2, -0.15) is 0 Å². The molecule has 1 amide bonds. The lowest BCUT2D eigenvalue weighted by atomic mass is 10.0. The van der Waals surface area contributed by atoms with E-state index in [0.717, 1.165) is 15.7 Å². The molecule has 6 heteroatoms. The topological polar surface area (TPSA) is 69.1 Å². The lowest BCUT2D eigenvalue weighted by molar-refractivity contribution is 0.0828. The number of amides is 1. The van der Waals surface area contributed by atoms with E-state index in [2.05, 4.69) is 26.0 Å². The van der Waals surface area contributed by atoms with Crippen LogP contribution in [0.2, 0.25) is 0 Å². The molecular formula is C18H15BrN4O. The number of benzene rings is 2. The van der Waals surface area contributed by atoms with E-state index in [1.165, 1.54) is 0 Å². The monoisotopic (exact) mass is 382 g/mol. The van der Waals surface area contributed by atoms with Crippen molar-refractivity contribution in [1.29, 1.82) is 0 Å². The molecule has 1 aliphatic rings. The second-order valence-corrected chi connectivity index (χ2v) is 6.36. The van der Waals surface area contributed by atoms with Crippen molar-refractivity contribution in [3.63, 3.8) is 0 Å². The third kappa shape index (κ3) is 3.50. The Labute approximate surface area is 148 Å². The highest BCUT2D eigenvalue weighted by atomic mass is 79.9. The van der Waals surface area contributed by atoms with Gasteiger partial charge in [0.25, 0.3) is 5.91 Å². The van der Waals surface area contributed by atoms with Crippen LogP contribution in [0.25, 0.3) is 16.1 Å². The summed E-state index contributed by atoms with van der Waals surface area (Å²) >= 11 is 3.42. The molecule has 0 saturated heterocycles. The summed E-state index contributed by atoms with van der Waals surface area (Å²) in [6, 6.07) is 16.7. The van der Waals surface area contributed by atoms with Crippen molar-refractivity contribution in [2.45, 2.75) is 12.5 Å². The summed E-state index contributed by atoms with van der Waals surface area (Å²) in [6.07, 6.45) is 2.48. The lowest BCUT2D eigenvalue weighted by Gasteiger charge is -2.31. The SMILES string of the molecule is [N-]=[N+]=N[C@H]1C=C(c2ccc(Br)cc2)N(C(=O)c2ccccc2)CC1. The van der Waals surface area contributed by atoms with Crippen molar-refractivity contribution in [2.75, 3.05) is 6.54 Å². The highest BCUT2D eigenvalue weighted by Gasteiger charge is 2.26. The third-order valence-electron chi connectivity index (χ3n) is 3.90. The van der Waals surface area contributed by atoms with E-state index >= 15 is 0 Å². The number of hydrogen-bond acceptors (Lipinski definition) is 2. The molecule has 0 bridgehead atoms. The van der Waals surface area contributed by atoms with Gasteiger partial charge in [0.05, 0.1) is 6.04 Å². The predicted molar refractivity (Wildman–Crippen MR) is 97.1 cm³/mol. The number of rotatable bonds is 3. The molecule has 0 radical (unpaired) electrons. The number of halogens is 1. The summed E-state index contributed by atoms with van der Waals surface area (Å²) in [4.78, 5) is 17.5. The van der Waals surface area contributed by atoms with E-state index in [9.17, 15) is 4.79 Å². The van der Waals surface area contributed by atoms with Crippen molar-refractivity contribution in [2.24, 2.45) is 5.11 Å². The van der Waals surface area contributed by atoms with Crippen LogP contribution < -0.4 is 0 Å². The minimum atomic E-state index is -0.242. The summed E-state index contributed by atoms with van der Waals surface area (Å²) in [5.74, 6) is -0.0517. The molecule has 120 valence electrons. The molecule has 0 fully saturated rings. The quantitative estimate of drug-likeness (QED) is 0.417. The molecule has 1 aliphatic heterocycles. The Hall–Kier alpha value is -2.56. The van der Waals surface area contributed by atoms with Crippen LogP contribution in [-0.2, 0) is 0 Å². The van der Waals surface area contributed by atoms with Crippen molar-refractivity contribution in [3.8, 4) is 0 Å². The van der Waals surface area contributed by atoms with Gasteiger partial charge >= 0.3 is 0 Å². The van der Waals surface area contributed by atoms with E-state index in [4.69, 9.17) is 5.53 Å². The average molecular weight is 383 g/mol. The van der Waals surface area contributed by atoms with Gasteiger partial charge in [-0.15, -0.1) is 0 Å². The molecule has 0 N–H and O–H groups in total. The molecule has 2 aromatic rings. The fraction of sp³-hybridized carbons (Fsp3) is 0.167. The molecule has 2 aromatic carbocycles. The van der Waals surface area contributed by atoms with E-state index in [0.29, 0.717) is 18.5 Å². The molecule has 0 unspecified atom stereocenters. The maximum Gasteiger partial charge on any atom is 0.258 e. The fourth-order valence-electron chi connectivity index (χ4n) is 2.71. The molecule has 5 nitrogen and oxygen atoms in total. The van der Waals surface area contributed by atoms with E-state index in [-0.39, 0.29) is 11.9 Å². The average Bonchev–Trinajstić information content (AvgIpc) is 2.63. The van der Waals surface area contributed by atoms with Crippen LogP contribution in [0.5, 0.6) is 0 Å². The smallest absolute Gasteiger partial charge is 0.258 e. The molecular weight excluding hydrogens is 368 g/mol. The van der Waals surface area contributed by atoms with Crippen molar-refractivity contribution >= 4 is 27.5 Å². The Bertz CT molecular complexity index is 811. The molecule has 1 atom stereocenters. The van der Waals surface area contributed by atoms with E-state index < -0.39 is 0 Å². The predicted octanol–water partition coefficient (Wildman–Crippen LogP) is 5.02. The van der Waals surface area contributed by atoms with Crippen LogP contribution in [0.1, 0.15) is 22.3 Å². The second kappa shape index (κ2) is 7.34. The van der Waals surface area contributed by atoms with Crippen molar-refractivity contribution in [1.82, 2.24) is 4.90 Å². The van der Waals surface area contributed by atoms with Crippen LogP contribution in [0.4, 0.5) is 0 Å². The lowest BCUT2D eigenvalue weighted by Crippen LogP contribution is -2.35. The van der Waals surface area contributed by atoms with Gasteiger partial charge in [0.2, 0.25) is 0 Å². The number of hydrogen-bond donors (Lipinski definition) is 0. The van der Waals surface area contributed by atoms with Gasteiger partial charge in [0.15, 0.2) is 0 Å². The summed E-state index contributed by atoms with van der Waals surface area (Å²) in [7, 11) is 0. The molecule has 0 aliphatic carbocycles. The Kier molecular flexibility index (Phi) is 4.99. The maximum absolute atomic E-state index is 12.9. The maximum atomic E-state index is 12.9. The summed E-state index contributed by atoms with van der Waals surface area (Å²) in [6.45, 7) is 0.513. The van der Waals surface area contributed by atoms with Crippen LogP contribution >= 0.6 is 15.9 Å². The van der Waals surface area contributed by atoms with Crippen molar-refractivity contribution in [3.05, 3.63) is 86.7 Å². The first-order valence-corrected chi connectivity index (χ1v) is 8.37. The molecule has 0 spiro atoms. The summed E-state index contributed by atoms with van der Waals surface area (Å²) in [5, 5.41) is 3.80. The van der Waals surface area contributed by atoms with Gasteiger partial charge in [-0.1, -0.05) is 57.5 Å². The van der Waals surface area contributed by atoms with Crippen LogP contribution in [0.3, 0.4) is 0 Å². The number of carbonyl (C=O) groups excluding carboxylic acids is 1. The highest BCUT2D eigenvalue weighted by Crippen LogP contribution is 2.29. The minimum Gasteiger partial charge on any atom is -0.308 e. The Balaban J connectivity index is 2.00. The first-order chi connectivity index (χ1) is 11.7. The first kappa shape index (κ1) is 16.3. The number of carbonyl (C=O) groups is 1. The molecule has 0 saturated carbocycles. The standard InChI is InChI=1S/C18H15BrN4O/c19-15-8-6-13(7-9-15)17-12-16(21-22-20)10-11-23(17)18(24)14-4-2-1-3-5-14/h1-9,12,16H,10-11H2/t16-/m1/s1. The van der Waals surface area contributed by atoms with Gasteiger partial charge in [-0.25, -0.2) is 0 Å². The van der Waals surface area contributed by atoms with Gasteiger partial charge < -0.3 is 4.90 Å². The molecule has 1 heterocycles. The van der Waals surface area contributed by atoms with Crippen LogP contribution in [-0.4, -0.2) is 23.4 Å². The highest BCUT2D eigenvalue weighted by molar-refractivity contribution is 9.10. The number of azide groups is 1. The molecule has 0 aromatic heterocycles. The molecule has 3 rings (SSSR count). The summed E-state index contributed by atoms with van der Waals surface area (Å²) in [5.41, 5.74) is 11.0. The third-order valence-corrected chi connectivity index (χ3v) is 4.42. The van der Waals surface area contributed by atoms with E-state index in [1.54, 1.807) is 17.0 Å². The second-order valence-electron chi connectivity index (χ2n) is 5.44. The van der Waals surface area contributed by atoms with Crippen LogP contribution in [0, 0.1) is 0 Å². The Morgan fingerprint density at radius 2 is 1.88 bits per heavy atom. The Morgan fingerprint density at radius 1 is 1.17 bits per heavy atom. The first-order valence-electron chi connectivity index (χ1n) is 7.58. The van der Waals surface area contributed by atoms with Gasteiger partial charge in [0.1, 0.15) is 0 Å². The van der Waals surface area contributed by atoms with E-state index in [1.807, 2.05) is 48.5 Å². The normalized spacial score (nSPS) is 17.0. The fourth-order valence-corrected chi connectivity index (χ4v) is 2.98. The number of nitrogens with zero attached hydrogens (tertiary/aromatic N) is 4. The zero-order valence-corrected chi connectivity index (χ0v) is 14.4. The van der Waals surface area contributed by atoms with Gasteiger partial charge in [-0.05, 0) is 41.8 Å². The minimum absolute atomic E-state index is 0.0517. The van der Waals surface area contributed by atoms with Gasteiger partial charge in [-0.3, -0.25) is 4.79 Å². The zero-order valence-electron chi connectivity index (χ0n) is 12.8.